The molecule has 1 spiro atoms. The molecule has 40 heavy (non-hydrogen) atoms. The topological polar surface area (TPSA) is 63.7 Å². The molecule has 5 rings (SSSR count). The molecule has 0 aromatic heterocycles. The number of aryl methyl sites for hydroxylation is 1. The van der Waals surface area contributed by atoms with Crippen molar-refractivity contribution in [1.29, 1.82) is 0 Å². The zero-order valence-corrected chi connectivity index (χ0v) is 25.0. The average Bonchev–Trinajstić information content (AvgIpc) is 3.57. The van der Waals surface area contributed by atoms with Gasteiger partial charge in [-0.2, -0.15) is 4.31 Å². The van der Waals surface area contributed by atoms with Crippen molar-refractivity contribution in [2.45, 2.75) is 89.4 Å². The van der Waals surface area contributed by atoms with Gasteiger partial charge in [0.2, 0.25) is 10.0 Å². The van der Waals surface area contributed by atoms with Crippen LogP contribution in [-0.4, -0.2) is 31.8 Å². The van der Waals surface area contributed by atoms with Gasteiger partial charge in [-0.1, -0.05) is 98.7 Å². The number of sulfonamides is 1. The first-order chi connectivity index (χ1) is 19.3. The molecule has 2 aliphatic carbocycles. The number of hydrogen-bond donors (Lipinski definition) is 0. The van der Waals surface area contributed by atoms with Crippen molar-refractivity contribution in [3.63, 3.8) is 0 Å². The Morgan fingerprint density at radius 3 is 2.35 bits per heavy atom. The summed E-state index contributed by atoms with van der Waals surface area (Å²) < 4.78 is 35.4. The molecule has 1 aliphatic heterocycles. The first-order valence-electron chi connectivity index (χ1n) is 15.0. The van der Waals surface area contributed by atoms with E-state index in [9.17, 15) is 13.2 Å². The number of nitrogens with zero attached hydrogens (tertiary/aromatic N) is 1. The second-order valence-corrected chi connectivity index (χ2v) is 13.9. The summed E-state index contributed by atoms with van der Waals surface area (Å²) in [7, 11) is -3.69. The third kappa shape index (κ3) is 5.58. The van der Waals surface area contributed by atoms with Crippen LogP contribution in [0.4, 0.5) is 0 Å². The standard InChI is InChI=1S/C34H43NO4S/c1-4-5-6-8-15-28-22-29-23-35(40(37,38)30-18-16-25(2)17-19-30)24-31(29)33(39-26(3)36)34(20-11-12-21-34)32(28)27-13-9-7-10-14-27/h7,9-10,13-14,16-19,22,29,32H,4-6,8,11-12,15,20-21,23-24H2,1-3H3/t29-,32-/m1/s1. The number of rotatable bonds is 9. The van der Waals surface area contributed by atoms with Gasteiger partial charge in [-0.3, -0.25) is 4.79 Å². The van der Waals surface area contributed by atoms with Crippen LogP contribution in [0.15, 0.2) is 82.5 Å². The first kappa shape index (κ1) is 28.8. The predicted octanol–water partition coefficient (Wildman–Crippen LogP) is 7.69. The largest absolute Gasteiger partial charge is 0.431 e. The summed E-state index contributed by atoms with van der Waals surface area (Å²) in [6.45, 7) is 6.28. The monoisotopic (exact) mass is 561 g/mol. The summed E-state index contributed by atoms with van der Waals surface area (Å²) >= 11 is 0. The van der Waals surface area contributed by atoms with Crippen LogP contribution in [0.25, 0.3) is 0 Å². The van der Waals surface area contributed by atoms with Gasteiger partial charge in [-0.25, -0.2) is 8.42 Å². The highest BCUT2D eigenvalue weighted by Crippen LogP contribution is 2.60. The highest BCUT2D eigenvalue weighted by molar-refractivity contribution is 7.89. The summed E-state index contributed by atoms with van der Waals surface area (Å²) in [5.41, 5.74) is 4.29. The minimum Gasteiger partial charge on any atom is -0.431 e. The van der Waals surface area contributed by atoms with Crippen LogP contribution in [-0.2, 0) is 19.6 Å². The van der Waals surface area contributed by atoms with Gasteiger partial charge in [0.25, 0.3) is 0 Å². The van der Waals surface area contributed by atoms with Gasteiger partial charge in [-0.15, -0.1) is 0 Å². The van der Waals surface area contributed by atoms with Crippen molar-refractivity contribution >= 4 is 16.0 Å². The number of ether oxygens (including phenoxy) is 1. The molecule has 5 nitrogen and oxygen atoms in total. The summed E-state index contributed by atoms with van der Waals surface area (Å²) in [6.07, 6.45) is 12.0. The summed E-state index contributed by atoms with van der Waals surface area (Å²) in [4.78, 5) is 13.0. The van der Waals surface area contributed by atoms with Crippen LogP contribution in [0.5, 0.6) is 0 Å². The molecule has 0 unspecified atom stereocenters. The van der Waals surface area contributed by atoms with Crippen molar-refractivity contribution in [1.82, 2.24) is 4.31 Å². The highest BCUT2D eigenvalue weighted by Gasteiger charge is 2.53. The quantitative estimate of drug-likeness (QED) is 0.179. The van der Waals surface area contributed by atoms with E-state index in [-0.39, 0.29) is 29.8 Å². The lowest BCUT2D eigenvalue weighted by molar-refractivity contribution is -0.139. The fourth-order valence-corrected chi connectivity index (χ4v) is 8.74. The fourth-order valence-electron chi connectivity index (χ4n) is 7.29. The number of fused-ring (bicyclic) bond motifs is 1. The number of esters is 1. The van der Waals surface area contributed by atoms with Crippen molar-refractivity contribution in [2.24, 2.45) is 11.3 Å². The smallest absolute Gasteiger partial charge is 0.307 e. The van der Waals surface area contributed by atoms with Crippen LogP contribution < -0.4 is 0 Å². The number of unbranched alkanes of at least 4 members (excludes halogenated alkanes) is 3. The molecule has 0 N–H and O–H groups in total. The number of allylic oxidation sites excluding steroid dienone is 2. The number of carbonyl (C=O) groups is 1. The van der Waals surface area contributed by atoms with Crippen LogP contribution in [0.1, 0.15) is 88.7 Å². The molecule has 0 radical (unpaired) electrons. The lowest BCUT2D eigenvalue weighted by Gasteiger charge is -2.40. The molecule has 214 valence electrons. The molecule has 1 saturated carbocycles. The van der Waals surface area contributed by atoms with Gasteiger partial charge in [-0.05, 0) is 55.9 Å². The maximum Gasteiger partial charge on any atom is 0.307 e. The third-order valence-electron chi connectivity index (χ3n) is 9.13. The number of benzene rings is 2. The Morgan fingerprint density at radius 2 is 1.70 bits per heavy atom. The van der Waals surface area contributed by atoms with Gasteiger partial charge in [0.1, 0.15) is 5.76 Å². The van der Waals surface area contributed by atoms with E-state index in [0.717, 1.165) is 55.4 Å². The van der Waals surface area contributed by atoms with Crippen molar-refractivity contribution < 1.29 is 17.9 Å². The third-order valence-corrected chi connectivity index (χ3v) is 11.0. The number of hydrogen-bond acceptors (Lipinski definition) is 4. The van der Waals surface area contributed by atoms with Crippen LogP contribution >= 0.6 is 0 Å². The molecule has 6 heteroatoms. The van der Waals surface area contributed by atoms with E-state index >= 15 is 0 Å². The minimum absolute atomic E-state index is 0.109. The molecule has 2 aromatic carbocycles. The fraction of sp³-hybridized carbons (Fsp3) is 0.500. The van der Waals surface area contributed by atoms with Gasteiger partial charge in [0.15, 0.2) is 0 Å². The van der Waals surface area contributed by atoms with Crippen molar-refractivity contribution in [3.8, 4) is 0 Å². The van der Waals surface area contributed by atoms with Gasteiger partial charge < -0.3 is 4.74 Å². The van der Waals surface area contributed by atoms with Gasteiger partial charge in [0.05, 0.1) is 4.90 Å². The number of carbonyl (C=O) groups excluding carboxylic acids is 1. The van der Waals surface area contributed by atoms with Crippen LogP contribution in [0.3, 0.4) is 0 Å². The van der Waals surface area contributed by atoms with E-state index in [1.54, 1.807) is 16.4 Å². The molecular weight excluding hydrogens is 518 g/mol. The second kappa shape index (κ2) is 12.0. The second-order valence-electron chi connectivity index (χ2n) is 11.9. The zero-order valence-electron chi connectivity index (χ0n) is 24.2. The van der Waals surface area contributed by atoms with E-state index in [1.807, 2.05) is 19.1 Å². The molecule has 2 atom stereocenters. The Morgan fingerprint density at radius 1 is 1.00 bits per heavy atom. The predicted molar refractivity (Wildman–Crippen MR) is 159 cm³/mol. The Labute approximate surface area is 240 Å². The average molecular weight is 562 g/mol. The Balaban J connectivity index is 1.64. The zero-order chi connectivity index (χ0) is 28.3. The Hall–Kier alpha value is -2.70. The van der Waals surface area contributed by atoms with Crippen LogP contribution in [0, 0.1) is 18.3 Å². The highest BCUT2D eigenvalue weighted by atomic mass is 32.2. The normalized spacial score (nSPS) is 22.7. The van der Waals surface area contributed by atoms with E-state index in [4.69, 9.17) is 4.74 Å². The molecule has 2 fully saturated rings. The first-order valence-corrected chi connectivity index (χ1v) is 16.4. The van der Waals surface area contributed by atoms with Crippen molar-refractivity contribution in [2.75, 3.05) is 13.1 Å². The maximum atomic E-state index is 13.8. The molecule has 1 heterocycles. The summed E-state index contributed by atoms with van der Waals surface area (Å²) in [6, 6.07) is 17.8. The summed E-state index contributed by atoms with van der Waals surface area (Å²) in [5.74, 6) is 0.428. The Kier molecular flexibility index (Phi) is 8.67. The molecule has 3 aliphatic rings. The van der Waals surface area contributed by atoms with E-state index < -0.39 is 10.0 Å². The van der Waals surface area contributed by atoms with Crippen LogP contribution in [0.2, 0.25) is 0 Å². The maximum absolute atomic E-state index is 13.8. The summed E-state index contributed by atoms with van der Waals surface area (Å²) in [5, 5.41) is 0. The lowest BCUT2D eigenvalue weighted by Crippen LogP contribution is -2.33. The molecular formula is C34H43NO4S. The SMILES string of the molecule is CCCCCCC1=C[C@@H]2CN(S(=O)(=O)c3ccc(C)cc3)CC2=C(OC(C)=O)C2(CCCC2)[C@@H]1c1ccccc1. The molecule has 0 amide bonds. The Bertz CT molecular complexity index is 1370. The van der Waals surface area contributed by atoms with Crippen molar-refractivity contribution in [3.05, 3.63) is 88.7 Å². The lowest BCUT2D eigenvalue weighted by atomic mass is 9.65. The van der Waals surface area contributed by atoms with Gasteiger partial charge >= 0.3 is 5.97 Å². The molecule has 0 bridgehead atoms. The van der Waals surface area contributed by atoms with E-state index in [2.05, 4.69) is 43.3 Å². The van der Waals surface area contributed by atoms with Gasteiger partial charge in [0, 0.05) is 37.3 Å². The molecule has 1 saturated heterocycles. The van der Waals surface area contributed by atoms with E-state index in [1.165, 1.54) is 37.3 Å². The minimum atomic E-state index is -3.69. The van der Waals surface area contributed by atoms with E-state index in [0.29, 0.717) is 11.4 Å². The molecule has 2 aromatic rings.